The average Bonchev–Trinajstić information content (AvgIpc) is 2.15. The van der Waals surface area contributed by atoms with Crippen molar-refractivity contribution in [3.63, 3.8) is 0 Å². The zero-order chi connectivity index (χ0) is 9.68. The summed E-state index contributed by atoms with van der Waals surface area (Å²) >= 11 is 0. The van der Waals surface area contributed by atoms with Crippen LogP contribution >= 0.6 is 0 Å². The fourth-order valence-corrected chi connectivity index (χ4v) is 0.783. The second-order valence-electron chi connectivity index (χ2n) is 3.19. The van der Waals surface area contributed by atoms with Crippen molar-refractivity contribution < 1.29 is 0 Å². The van der Waals surface area contributed by atoms with Crippen LogP contribution in [0.15, 0.2) is 23.5 Å². The minimum atomic E-state index is 0.411. The molecule has 70 valence electrons. The van der Waals surface area contributed by atoms with Crippen LogP contribution in [0, 0.1) is 5.92 Å². The van der Waals surface area contributed by atoms with E-state index in [4.69, 9.17) is 5.73 Å². The molecule has 1 aromatic rings. The summed E-state index contributed by atoms with van der Waals surface area (Å²) in [6, 6.07) is 1.75. The van der Waals surface area contributed by atoms with E-state index in [1.165, 1.54) is 0 Å². The van der Waals surface area contributed by atoms with E-state index in [9.17, 15) is 0 Å². The van der Waals surface area contributed by atoms with Crippen LogP contribution < -0.4 is 5.73 Å². The van der Waals surface area contributed by atoms with Gasteiger partial charge in [-0.25, -0.2) is 9.97 Å². The zero-order valence-corrected chi connectivity index (χ0v) is 7.94. The molecule has 0 atom stereocenters. The van der Waals surface area contributed by atoms with E-state index in [2.05, 4.69) is 28.8 Å². The highest BCUT2D eigenvalue weighted by atomic mass is 15.0. The molecule has 0 aliphatic heterocycles. The third-order valence-corrected chi connectivity index (χ3v) is 1.42. The van der Waals surface area contributed by atoms with Crippen LogP contribution in [0.2, 0.25) is 0 Å². The van der Waals surface area contributed by atoms with Crippen molar-refractivity contribution in [3.8, 4) is 0 Å². The average molecular weight is 178 g/mol. The number of aromatic nitrogens is 2. The molecule has 0 saturated carbocycles. The molecule has 4 nitrogen and oxygen atoms in total. The summed E-state index contributed by atoms with van der Waals surface area (Å²) in [5, 5.41) is 0. The number of rotatable bonds is 3. The smallest absolute Gasteiger partial charge is 0.194 e. The lowest BCUT2D eigenvalue weighted by Gasteiger charge is -2.00. The van der Waals surface area contributed by atoms with Crippen LogP contribution in [0.4, 0.5) is 0 Å². The van der Waals surface area contributed by atoms with Crippen molar-refractivity contribution >= 4 is 5.84 Å². The summed E-state index contributed by atoms with van der Waals surface area (Å²) in [6.07, 6.45) is 3.31. The summed E-state index contributed by atoms with van der Waals surface area (Å²) in [5.74, 6) is 1.42. The summed E-state index contributed by atoms with van der Waals surface area (Å²) < 4.78 is 0. The van der Waals surface area contributed by atoms with Gasteiger partial charge in [-0.05, 0) is 12.0 Å². The summed E-state index contributed by atoms with van der Waals surface area (Å²) in [7, 11) is 0. The number of aliphatic imine (C=N–C) groups is 1. The van der Waals surface area contributed by atoms with Gasteiger partial charge in [0, 0.05) is 18.9 Å². The van der Waals surface area contributed by atoms with Gasteiger partial charge in [-0.3, -0.25) is 4.99 Å². The van der Waals surface area contributed by atoms with E-state index in [0.29, 0.717) is 24.1 Å². The molecule has 0 unspecified atom stereocenters. The first kappa shape index (κ1) is 9.64. The van der Waals surface area contributed by atoms with Gasteiger partial charge >= 0.3 is 0 Å². The van der Waals surface area contributed by atoms with E-state index >= 15 is 0 Å². The lowest BCUT2D eigenvalue weighted by atomic mass is 10.2. The number of amidine groups is 1. The quantitative estimate of drug-likeness (QED) is 0.551. The van der Waals surface area contributed by atoms with E-state index in [-0.39, 0.29) is 0 Å². The zero-order valence-electron chi connectivity index (χ0n) is 7.94. The molecule has 0 aromatic carbocycles. The molecule has 0 saturated heterocycles. The van der Waals surface area contributed by atoms with E-state index < -0.39 is 0 Å². The first-order valence-electron chi connectivity index (χ1n) is 4.27. The van der Waals surface area contributed by atoms with Crippen LogP contribution in [0.1, 0.15) is 19.7 Å². The second kappa shape index (κ2) is 4.54. The molecule has 0 spiro atoms. The predicted molar refractivity (Wildman–Crippen MR) is 52.5 cm³/mol. The van der Waals surface area contributed by atoms with E-state index in [0.717, 1.165) is 0 Å². The third-order valence-electron chi connectivity index (χ3n) is 1.42. The van der Waals surface area contributed by atoms with Crippen molar-refractivity contribution in [3.05, 3.63) is 24.3 Å². The Kier molecular flexibility index (Phi) is 3.37. The monoisotopic (exact) mass is 178 g/mol. The summed E-state index contributed by atoms with van der Waals surface area (Å²) in [6.45, 7) is 4.88. The Morgan fingerprint density at radius 1 is 1.46 bits per heavy atom. The van der Waals surface area contributed by atoms with Gasteiger partial charge < -0.3 is 5.73 Å². The van der Waals surface area contributed by atoms with Gasteiger partial charge in [-0.2, -0.15) is 0 Å². The van der Waals surface area contributed by atoms with Crippen LogP contribution in [0.5, 0.6) is 0 Å². The maximum atomic E-state index is 5.67. The fourth-order valence-electron chi connectivity index (χ4n) is 0.783. The maximum absolute atomic E-state index is 5.67. The lowest BCUT2D eigenvalue weighted by molar-refractivity contribution is 0.665. The standard InChI is InChI=1S/C9H14N4/c1-7(2)6-13-8(10)9-11-4-3-5-12-9/h3-5,7H,6H2,1-2H3,(H2,10,13). The summed E-state index contributed by atoms with van der Waals surface area (Å²) in [5.41, 5.74) is 5.67. The maximum Gasteiger partial charge on any atom is 0.194 e. The molecule has 0 amide bonds. The Hall–Kier alpha value is -1.45. The Bertz CT molecular complexity index is 279. The van der Waals surface area contributed by atoms with Crippen molar-refractivity contribution in [2.75, 3.05) is 6.54 Å². The van der Waals surface area contributed by atoms with Crippen LogP contribution in [0.3, 0.4) is 0 Å². The fraction of sp³-hybridized carbons (Fsp3) is 0.444. The van der Waals surface area contributed by atoms with Gasteiger partial charge in [-0.15, -0.1) is 0 Å². The topological polar surface area (TPSA) is 64.2 Å². The molecule has 1 aromatic heterocycles. The molecule has 1 heterocycles. The van der Waals surface area contributed by atoms with E-state index in [1.807, 2.05) is 0 Å². The number of hydrogen-bond acceptors (Lipinski definition) is 3. The molecular formula is C9H14N4. The molecule has 0 bridgehead atoms. The highest BCUT2D eigenvalue weighted by Crippen LogP contribution is 1.93. The Morgan fingerprint density at radius 3 is 2.62 bits per heavy atom. The molecular weight excluding hydrogens is 164 g/mol. The third kappa shape index (κ3) is 3.19. The SMILES string of the molecule is CC(C)CN=C(N)c1ncccn1. The summed E-state index contributed by atoms with van der Waals surface area (Å²) in [4.78, 5) is 12.1. The highest BCUT2D eigenvalue weighted by Gasteiger charge is 1.99. The van der Waals surface area contributed by atoms with Gasteiger partial charge in [-0.1, -0.05) is 13.8 Å². The molecule has 0 radical (unpaired) electrons. The first-order chi connectivity index (χ1) is 6.20. The van der Waals surface area contributed by atoms with Gasteiger partial charge in [0.15, 0.2) is 11.7 Å². The van der Waals surface area contributed by atoms with Gasteiger partial charge in [0.2, 0.25) is 0 Å². The molecule has 2 N–H and O–H groups in total. The van der Waals surface area contributed by atoms with Crippen molar-refractivity contribution in [1.82, 2.24) is 9.97 Å². The molecule has 0 aliphatic rings. The normalized spacial score (nSPS) is 12.1. The lowest BCUT2D eigenvalue weighted by Crippen LogP contribution is -2.18. The molecule has 4 heteroatoms. The van der Waals surface area contributed by atoms with Gasteiger partial charge in [0.25, 0.3) is 0 Å². The van der Waals surface area contributed by atoms with Gasteiger partial charge in [0.1, 0.15) is 0 Å². The Balaban J connectivity index is 2.68. The largest absolute Gasteiger partial charge is 0.381 e. The van der Waals surface area contributed by atoms with Crippen molar-refractivity contribution in [1.29, 1.82) is 0 Å². The molecule has 0 fully saturated rings. The first-order valence-corrected chi connectivity index (χ1v) is 4.27. The van der Waals surface area contributed by atoms with Crippen LogP contribution in [-0.2, 0) is 0 Å². The molecule has 1 rings (SSSR count). The van der Waals surface area contributed by atoms with Crippen LogP contribution in [0.25, 0.3) is 0 Å². The van der Waals surface area contributed by atoms with Gasteiger partial charge in [0.05, 0.1) is 0 Å². The second-order valence-corrected chi connectivity index (χ2v) is 3.19. The highest BCUT2D eigenvalue weighted by molar-refractivity contribution is 5.93. The number of nitrogens with zero attached hydrogens (tertiary/aromatic N) is 3. The minimum Gasteiger partial charge on any atom is -0.381 e. The Labute approximate surface area is 77.9 Å². The molecule has 13 heavy (non-hydrogen) atoms. The van der Waals surface area contributed by atoms with Crippen molar-refractivity contribution in [2.45, 2.75) is 13.8 Å². The Morgan fingerprint density at radius 2 is 2.08 bits per heavy atom. The van der Waals surface area contributed by atoms with Crippen molar-refractivity contribution in [2.24, 2.45) is 16.6 Å². The number of hydrogen-bond donors (Lipinski definition) is 1. The number of nitrogens with two attached hydrogens (primary N) is 1. The minimum absolute atomic E-state index is 0.411. The van der Waals surface area contributed by atoms with E-state index in [1.54, 1.807) is 18.5 Å². The molecule has 0 aliphatic carbocycles. The predicted octanol–water partition coefficient (Wildman–Crippen LogP) is 0.838. The van der Waals surface area contributed by atoms with Crippen LogP contribution in [-0.4, -0.2) is 22.3 Å².